The van der Waals surface area contributed by atoms with Gasteiger partial charge in [0.05, 0.1) is 13.1 Å². The number of nitrogens with zero attached hydrogens (tertiary/aromatic N) is 1. The first kappa shape index (κ1) is 14.9. The van der Waals surface area contributed by atoms with Crippen molar-refractivity contribution < 1.29 is 4.74 Å². The summed E-state index contributed by atoms with van der Waals surface area (Å²) >= 11 is 0. The maximum Gasteiger partial charge on any atom is 0.191 e. The second-order valence-corrected chi connectivity index (χ2v) is 4.26. The Morgan fingerprint density at radius 2 is 2.26 bits per heavy atom. The lowest BCUT2D eigenvalue weighted by Crippen LogP contribution is -2.41. The van der Waals surface area contributed by atoms with E-state index in [1.807, 2.05) is 38.1 Å². The van der Waals surface area contributed by atoms with Gasteiger partial charge in [-0.15, -0.1) is 6.42 Å². The minimum Gasteiger partial charge on any atom is -0.489 e. The molecule has 102 valence electrons. The highest BCUT2D eigenvalue weighted by Crippen LogP contribution is 2.13. The Bertz CT molecular complexity index is 463. The van der Waals surface area contributed by atoms with Crippen molar-refractivity contribution in [1.82, 2.24) is 10.6 Å². The number of nitrogens with one attached hydrogen (secondary N) is 2. The molecule has 0 aliphatic rings. The van der Waals surface area contributed by atoms with E-state index in [0.29, 0.717) is 19.0 Å². The molecule has 0 saturated heterocycles. The molecule has 0 aliphatic carbocycles. The molecule has 1 rings (SSSR count). The Labute approximate surface area is 115 Å². The zero-order chi connectivity index (χ0) is 14.1. The molecular weight excluding hydrogens is 238 g/mol. The van der Waals surface area contributed by atoms with Crippen molar-refractivity contribution in [1.29, 1.82) is 0 Å². The predicted octanol–water partition coefficient (Wildman–Crippen LogP) is 1.56. The summed E-state index contributed by atoms with van der Waals surface area (Å²) in [6.45, 7) is 5.15. The number of terminal acetylenes is 1. The number of hydrogen-bond donors (Lipinski definition) is 2. The average Bonchev–Trinajstić information content (AvgIpc) is 2.39. The lowest BCUT2D eigenvalue weighted by atomic mass is 10.2. The van der Waals surface area contributed by atoms with Crippen LogP contribution in [0.4, 0.5) is 0 Å². The van der Waals surface area contributed by atoms with Gasteiger partial charge < -0.3 is 15.4 Å². The summed E-state index contributed by atoms with van der Waals surface area (Å²) in [6.07, 6.45) is 5.22. The molecule has 4 heteroatoms. The van der Waals surface area contributed by atoms with E-state index < -0.39 is 0 Å². The number of hydrogen-bond acceptors (Lipinski definition) is 2. The monoisotopic (exact) mass is 259 g/mol. The summed E-state index contributed by atoms with van der Waals surface area (Å²) in [5.74, 6) is 4.06. The summed E-state index contributed by atoms with van der Waals surface area (Å²) in [4.78, 5) is 4.06. The van der Waals surface area contributed by atoms with Gasteiger partial charge in [0.25, 0.3) is 0 Å². The lowest BCUT2D eigenvalue weighted by molar-refractivity contribution is 0.224. The fraction of sp³-hybridized carbons (Fsp3) is 0.400. The molecule has 1 aromatic carbocycles. The summed E-state index contributed by atoms with van der Waals surface area (Å²) in [5, 5.41) is 6.15. The second-order valence-electron chi connectivity index (χ2n) is 4.26. The molecular formula is C15H21N3O. The van der Waals surface area contributed by atoms with E-state index in [2.05, 4.69) is 21.5 Å². The van der Waals surface area contributed by atoms with E-state index in [4.69, 9.17) is 11.2 Å². The van der Waals surface area contributed by atoms with E-state index in [9.17, 15) is 0 Å². The molecule has 0 spiro atoms. The Balaban J connectivity index is 2.39. The van der Waals surface area contributed by atoms with Crippen LogP contribution in [0.1, 0.15) is 12.5 Å². The minimum absolute atomic E-state index is 0.0335. The quantitative estimate of drug-likeness (QED) is 0.479. The van der Waals surface area contributed by atoms with Crippen LogP contribution in [0, 0.1) is 19.3 Å². The van der Waals surface area contributed by atoms with Crippen molar-refractivity contribution in [2.45, 2.75) is 20.0 Å². The number of rotatable bonds is 5. The van der Waals surface area contributed by atoms with Gasteiger partial charge in [0.2, 0.25) is 0 Å². The number of guanidine groups is 1. The fourth-order valence-electron chi connectivity index (χ4n) is 1.56. The van der Waals surface area contributed by atoms with Gasteiger partial charge in [0.1, 0.15) is 11.9 Å². The van der Waals surface area contributed by atoms with Gasteiger partial charge in [-0.2, -0.15) is 0 Å². The van der Waals surface area contributed by atoms with Crippen LogP contribution in [-0.4, -0.2) is 32.2 Å². The average molecular weight is 259 g/mol. The highest BCUT2D eigenvalue weighted by Gasteiger charge is 2.05. The Morgan fingerprint density at radius 1 is 1.47 bits per heavy atom. The molecule has 4 nitrogen and oxygen atoms in total. The smallest absolute Gasteiger partial charge is 0.191 e. The Kier molecular flexibility index (Phi) is 6.31. The van der Waals surface area contributed by atoms with Crippen LogP contribution in [0.15, 0.2) is 29.3 Å². The largest absolute Gasteiger partial charge is 0.489 e. The van der Waals surface area contributed by atoms with Crippen molar-refractivity contribution in [3.05, 3.63) is 29.8 Å². The first-order valence-electron chi connectivity index (χ1n) is 6.27. The number of benzene rings is 1. The summed E-state index contributed by atoms with van der Waals surface area (Å²) in [5.41, 5.74) is 1.18. The molecule has 0 radical (unpaired) electrons. The van der Waals surface area contributed by atoms with Crippen LogP contribution in [-0.2, 0) is 0 Å². The van der Waals surface area contributed by atoms with Crippen LogP contribution < -0.4 is 15.4 Å². The van der Waals surface area contributed by atoms with Crippen molar-refractivity contribution in [3.63, 3.8) is 0 Å². The van der Waals surface area contributed by atoms with Gasteiger partial charge in [0.15, 0.2) is 5.96 Å². The number of aryl methyl sites for hydroxylation is 1. The maximum absolute atomic E-state index is 5.81. The molecule has 1 aromatic rings. The van der Waals surface area contributed by atoms with Crippen molar-refractivity contribution in [2.75, 3.05) is 20.1 Å². The molecule has 0 aliphatic heterocycles. The van der Waals surface area contributed by atoms with E-state index >= 15 is 0 Å². The lowest BCUT2D eigenvalue weighted by Gasteiger charge is -2.17. The SMILES string of the molecule is C#CCNC(=NC)NCC(C)Oc1cccc(C)c1. The highest BCUT2D eigenvalue weighted by atomic mass is 16.5. The normalized spacial score (nSPS) is 12.4. The summed E-state index contributed by atoms with van der Waals surface area (Å²) in [7, 11) is 1.71. The Morgan fingerprint density at radius 3 is 2.89 bits per heavy atom. The number of aliphatic imine (C=N–C) groups is 1. The number of ether oxygens (including phenoxy) is 1. The van der Waals surface area contributed by atoms with E-state index in [1.165, 1.54) is 5.56 Å². The maximum atomic E-state index is 5.81. The van der Waals surface area contributed by atoms with Crippen LogP contribution in [0.3, 0.4) is 0 Å². The molecule has 19 heavy (non-hydrogen) atoms. The zero-order valence-corrected chi connectivity index (χ0v) is 11.7. The third-order valence-electron chi connectivity index (χ3n) is 2.47. The van der Waals surface area contributed by atoms with Gasteiger partial charge in [-0.05, 0) is 31.5 Å². The van der Waals surface area contributed by atoms with E-state index in [-0.39, 0.29) is 6.10 Å². The molecule has 0 amide bonds. The van der Waals surface area contributed by atoms with Crippen molar-refractivity contribution in [3.8, 4) is 18.1 Å². The van der Waals surface area contributed by atoms with Gasteiger partial charge in [-0.1, -0.05) is 18.1 Å². The minimum atomic E-state index is 0.0335. The van der Waals surface area contributed by atoms with Crippen molar-refractivity contribution in [2.24, 2.45) is 4.99 Å². The van der Waals surface area contributed by atoms with Gasteiger partial charge in [-0.3, -0.25) is 4.99 Å². The predicted molar refractivity (Wildman–Crippen MR) is 79.5 cm³/mol. The highest BCUT2D eigenvalue weighted by molar-refractivity contribution is 5.79. The first-order valence-corrected chi connectivity index (χ1v) is 6.27. The van der Waals surface area contributed by atoms with E-state index in [0.717, 1.165) is 5.75 Å². The summed E-state index contributed by atoms with van der Waals surface area (Å²) in [6, 6.07) is 8.00. The third-order valence-corrected chi connectivity index (χ3v) is 2.47. The van der Waals surface area contributed by atoms with Crippen LogP contribution >= 0.6 is 0 Å². The molecule has 0 saturated carbocycles. The molecule has 0 aromatic heterocycles. The van der Waals surface area contributed by atoms with Crippen LogP contribution in [0.2, 0.25) is 0 Å². The standard InChI is InChI=1S/C15H21N3O/c1-5-9-17-15(16-4)18-11-13(3)19-14-8-6-7-12(2)10-14/h1,6-8,10,13H,9,11H2,2-4H3,(H2,16,17,18). The van der Waals surface area contributed by atoms with Gasteiger partial charge in [-0.25, -0.2) is 0 Å². The van der Waals surface area contributed by atoms with Crippen LogP contribution in [0.5, 0.6) is 5.75 Å². The molecule has 1 atom stereocenters. The molecule has 2 N–H and O–H groups in total. The van der Waals surface area contributed by atoms with Gasteiger partial charge in [0, 0.05) is 7.05 Å². The van der Waals surface area contributed by atoms with Gasteiger partial charge >= 0.3 is 0 Å². The second kappa shape index (κ2) is 8.04. The zero-order valence-electron chi connectivity index (χ0n) is 11.7. The molecule has 0 heterocycles. The van der Waals surface area contributed by atoms with Crippen LogP contribution in [0.25, 0.3) is 0 Å². The Hall–Kier alpha value is -2.15. The van der Waals surface area contributed by atoms with E-state index in [1.54, 1.807) is 7.05 Å². The third kappa shape index (κ3) is 5.82. The fourth-order valence-corrected chi connectivity index (χ4v) is 1.56. The summed E-state index contributed by atoms with van der Waals surface area (Å²) < 4.78 is 5.81. The first-order chi connectivity index (χ1) is 9.15. The van der Waals surface area contributed by atoms with Crippen molar-refractivity contribution >= 4 is 5.96 Å². The topological polar surface area (TPSA) is 45.7 Å². The molecule has 1 unspecified atom stereocenters. The molecule has 0 bridgehead atoms. The molecule has 0 fully saturated rings.